The molecule has 0 aromatic heterocycles. The Bertz CT molecular complexity index is 1080. The van der Waals surface area contributed by atoms with Crippen molar-refractivity contribution in [2.24, 2.45) is 5.10 Å². The molecule has 32 heavy (non-hydrogen) atoms. The Hall–Kier alpha value is -4.13. The van der Waals surface area contributed by atoms with Crippen LogP contribution in [0.1, 0.15) is 22.3 Å². The van der Waals surface area contributed by atoms with Crippen LogP contribution in [0.4, 0.5) is 0 Å². The molecule has 2 N–H and O–H groups in total. The van der Waals surface area contributed by atoms with E-state index in [1.54, 1.807) is 25.3 Å². The molecule has 0 aliphatic heterocycles. The molecule has 0 aliphatic carbocycles. The molecule has 2 amide bonds. The number of rotatable bonds is 8. The first-order valence-corrected chi connectivity index (χ1v) is 10.1. The fraction of sp³-hybridized carbons (Fsp3) is 0.160. The van der Waals surface area contributed by atoms with Gasteiger partial charge < -0.3 is 14.8 Å². The quantitative estimate of drug-likeness (QED) is 0.325. The van der Waals surface area contributed by atoms with Crippen molar-refractivity contribution in [3.63, 3.8) is 0 Å². The van der Waals surface area contributed by atoms with Crippen LogP contribution in [0, 0.1) is 6.92 Å². The molecule has 3 rings (SSSR count). The number of hydrazone groups is 1. The van der Waals surface area contributed by atoms with Crippen molar-refractivity contribution < 1.29 is 19.1 Å². The van der Waals surface area contributed by atoms with E-state index in [0.29, 0.717) is 23.7 Å². The highest BCUT2D eigenvalue weighted by atomic mass is 16.5. The first-order chi connectivity index (χ1) is 15.5. The molecule has 0 radical (unpaired) electrons. The number of hydrogen-bond acceptors (Lipinski definition) is 5. The van der Waals surface area contributed by atoms with Gasteiger partial charge in [0.1, 0.15) is 6.61 Å². The highest BCUT2D eigenvalue weighted by molar-refractivity contribution is 6.35. The van der Waals surface area contributed by atoms with E-state index in [9.17, 15) is 9.59 Å². The van der Waals surface area contributed by atoms with E-state index in [4.69, 9.17) is 9.47 Å². The van der Waals surface area contributed by atoms with Crippen molar-refractivity contribution >= 4 is 18.0 Å². The van der Waals surface area contributed by atoms with Gasteiger partial charge in [-0.1, -0.05) is 60.2 Å². The second-order valence-electron chi connectivity index (χ2n) is 7.05. The lowest BCUT2D eigenvalue weighted by Crippen LogP contribution is -2.37. The lowest BCUT2D eigenvalue weighted by atomic mass is 10.2. The summed E-state index contributed by atoms with van der Waals surface area (Å²) in [5.74, 6) is -0.479. The van der Waals surface area contributed by atoms with E-state index in [-0.39, 0.29) is 6.54 Å². The summed E-state index contributed by atoms with van der Waals surface area (Å²) in [5, 5.41) is 6.38. The van der Waals surface area contributed by atoms with Crippen LogP contribution in [-0.4, -0.2) is 25.1 Å². The zero-order valence-electron chi connectivity index (χ0n) is 18.0. The number of carbonyl (C=O) groups excluding carboxylic acids is 2. The zero-order valence-corrected chi connectivity index (χ0v) is 18.0. The van der Waals surface area contributed by atoms with Gasteiger partial charge in [0.15, 0.2) is 11.5 Å². The largest absolute Gasteiger partial charge is 0.493 e. The molecule has 3 aromatic rings. The van der Waals surface area contributed by atoms with E-state index in [1.165, 1.54) is 11.8 Å². The van der Waals surface area contributed by atoms with Gasteiger partial charge in [-0.15, -0.1) is 0 Å². The topological polar surface area (TPSA) is 89.0 Å². The molecule has 0 unspecified atom stereocenters. The van der Waals surface area contributed by atoms with Crippen LogP contribution in [-0.2, 0) is 22.7 Å². The third-order valence-corrected chi connectivity index (χ3v) is 4.58. The Balaban J connectivity index is 1.51. The molecule has 0 spiro atoms. The van der Waals surface area contributed by atoms with Crippen LogP contribution >= 0.6 is 0 Å². The summed E-state index contributed by atoms with van der Waals surface area (Å²) in [4.78, 5) is 23.8. The van der Waals surface area contributed by atoms with Crippen molar-refractivity contribution in [2.45, 2.75) is 20.1 Å². The number of methoxy groups -OCH3 is 1. The van der Waals surface area contributed by atoms with Gasteiger partial charge in [0.2, 0.25) is 0 Å². The maximum atomic E-state index is 11.9. The lowest BCUT2D eigenvalue weighted by Gasteiger charge is -2.11. The van der Waals surface area contributed by atoms with Crippen molar-refractivity contribution in [2.75, 3.05) is 7.11 Å². The maximum absolute atomic E-state index is 11.9. The number of ether oxygens (including phenoxy) is 2. The van der Waals surface area contributed by atoms with Crippen LogP contribution in [0.25, 0.3) is 0 Å². The normalized spacial score (nSPS) is 10.6. The van der Waals surface area contributed by atoms with Crippen molar-refractivity contribution in [1.82, 2.24) is 10.7 Å². The van der Waals surface area contributed by atoms with Crippen LogP contribution in [0.3, 0.4) is 0 Å². The fourth-order valence-corrected chi connectivity index (χ4v) is 2.80. The number of amides is 2. The molecule has 0 fully saturated rings. The third-order valence-electron chi connectivity index (χ3n) is 4.58. The summed E-state index contributed by atoms with van der Waals surface area (Å²) < 4.78 is 11.2. The van der Waals surface area contributed by atoms with E-state index >= 15 is 0 Å². The Morgan fingerprint density at radius 2 is 1.66 bits per heavy atom. The molecule has 0 atom stereocenters. The standard InChI is InChI=1S/C25H25N3O4/c1-18-8-10-20(11-9-18)17-32-22-13-12-21(14-23(22)31-2)16-27-28-25(30)24(29)26-15-19-6-4-3-5-7-19/h3-14,16H,15,17H2,1-2H3,(H,26,29)(H,28,30)/b27-16+. The Morgan fingerprint density at radius 1 is 0.906 bits per heavy atom. The summed E-state index contributed by atoms with van der Waals surface area (Å²) in [6, 6.07) is 22.7. The number of nitrogens with zero attached hydrogens (tertiary/aromatic N) is 1. The molecule has 3 aromatic carbocycles. The van der Waals surface area contributed by atoms with Gasteiger partial charge in [-0.05, 0) is 41.8 Å². The Morgan fingerprint density at radius 3 is 2.38 bits per heavy atom. The predicted octanol–water partition coefficient (Wildman–Crippen LogP) is 3.35. The number of carbonyl (C=O) groups is 2. The molecule has 0 aliphatic rings. The second kappa shape index (κ2) is 11.3. The monoisotopic (exact) mass is 431 g/mol. The van der Waals surface area contributed by atoms with Crippen LogP contribution in [0.15, 0.2) is 77.9 Å². The lowest BCUT2D eigenvalue weighted by molar-refractivity contribution is -0.139. The smallest absolute Gasteiger partial charge is 0.329 e. The first-order valence-electron chi connectivity index (χ1n) is 10.1. The molecule has 0 heterocycles. The molecular formula is C25H25N3O4. The first kappa shape index (κ1) is 22.6. The third kappa shape index (κ3) is 6.70. The molecule has 164 valence electrons. The molecule has 7 heteroatoms. The zero-order chi connectivity index (χ0) is 22.8. The summed E-state index contributed by atoms with van der Waals surface area (Å²) in [6.45, 7) is 2.71. The average Bonchev–Trinajstić information content (AvgIpc) is 2.83. The minimum absolute atomic E-state index is 0.262. The molecule has 0 bridgehead atoms. The summed E-state index contributed by atoms with van der Waals surface area (Å²) in [7, 11) is 1.55. The number of nitrogens with one attached hydrogen (secondary N) is 2. The molecule has 7 nitrogen and oxygen atoms in total. The van der Waals surface area contributed by atoms with Gasteiger partial charge in [-0.2, -0.15) is 5.10 Å². The maximum Gasteiger partial charge on any atom is 0.329 e. The molecular weight excluding hydrogens is 406 g/mol. The van der Waals surface area contributed by atoms with E-state index in [2.05, 4.69) is 15.8 Å². The van der Waals surface area contributed by atoms with Crippen LogP contribution in [0.5, 0.6) is 11.5 Å². The minimum Gasteiger partial charge on any atom is -0.493 e. The summed E-state index contributed by atoms with van der Waals surface area (Å²) >= 11 is 0. The second-order valence-corrected chi connectivity index (χ2v) is 7.05. The fourth-order valence-electron chi connectivity index (χ4n) is 2.80. The van der Waals surface area contributed by atoms with Gasteiger partial charge in [0.05, 0.1) is 13.3 Å². The van der Waals surface area contributed by atoms with Gasteiger partial charge in [0.25, 0.3) is 0 Å². The minimum atomic E-state index is -0.845. The van der Waals surface area contributed by atoms with Crippen molar-refractivity contribution in [3.8, 4) is 11.5 Å². The van der Waals surface area contributed by atoms with Gasteiger partial charge in [-0.25, -0.2) is 5.43 Å². The SMILES string of the molecule is COc1cc(/C=N/NC(=O)C(=O)NCc2ccccc2)ccc1OCc1ccc(C)cc1. The van der Waals surface area contributed by atoms with Crippen LogP contribution < -0.4 is 20.2 Å². The predicted molar refractivity (Wildman–Crippen MR) is 123 cm³/mol. The van der Waals surface area contributed by atoms with E-state index in [1.807, 2.05) is 61.5 Å². The Kier molecular flexibility index (Phi) is 7.97. The van der Waals surface area contributed by atoms with E-state index < -0.39 is 11.8 Å². The Labute approximate surface area is 187 Å². The van der Waals surface area contributed by atoms with E-state index in [0.717, 1.165) is 11.1 Å². The summed E-state index contributed by atoms with van der Waals surface area (Å²) in [6.07, 6.45) is 1.43. The average molecular weight is 431 g/mol. The van der Waals surface area contributed by atoms with Gasteiger partial charge >= 0.3 is 11.8 Å². The number of hydrogen-bond donors (Lipinski definition) is 2. The molecule has 0 saturated heterocycles. The van der Waals surface area contributed by atoms with Crippen molar-refractivity contribution in [1.29, 1.82) is 0 Å². The number of aryl methyl sites for hydroxylation is 1. The highest BCUT2D eigenvalue weighted by Gasteiger charge is 2.12. The van der Waals surface area contributed by atoms with Crippen LogP contribution in [0.2, 0.25) is 0 Å². The molecule has 0 saturated carbocycles. The summed E-state index contributed by atoms with van der Waals surface area (Å²) in [5.41, 5.74) is 6.03. The van der Waals surface area contributed by atoms with Gasteiger partial charge in [-0.3, -0.25) is 9.59 Å². The van der Waals surface area contributed by atoms with Gasteiger partial charge in [0, 0.05) is 6.54 Å². The van der Waals surface area contributed by atoms with Crippen molar-refractivity contribution in [3.05, 3.63) is 95.1 Å². The number of benzene rings is 3. The highest BCUT2D eigenvalue weighted by Crippen LogP contribution is 2.28.